The maximum absolute atomic E-state index is 11.1. The molecule has 0 aliphatic rings. The third kappa shape index (κ3) is 3.71. The lowest BCUT2D eigenvalue weighted by Gasteiger charge is -2.04. The first-order valence-corrected chi connectivity index (χ1v) is 6.59. The van der Waals surface area contributed by atoms with Crippen LogP contribution in [0.1, 0.15) is 31.7 Å². The summed E-state index contributed by atoms with van der Waals surface area (Å²) in [6.07, 6.45) is 4.25. The number of carbonyl (C=O) groups excluding carboxylic acids is 1. The van der Waals surface area contributed by atoms with Crippen molar-refractivity contribution in [2.75, 3.05) is 0 Å². The van der Waals surface area contributed by atoms with E-state index in [-0.39, 0.29) is 5.78 Å². The zero-order chi connectivity index (χ0) is 13.7. The molecule has 19 heavy (non-hydrogen) atoms. The van der Waals surface area contributed by atoms with Gasteiger partial charge < -0.3 is 0 Å². The second-order valence-electron chi connectivity index (χ2n) is 4.68. The molecule has 0 aliphatic carbocycles. The number of ketones is 1. The Balaban J connectivity index is 2.23. The van der Waals surface area contributed by atoms with Gasteiger partial charge in [0.2, 0.25) is 0 Å². The summed E-state index contributed by atoms with van der Waals surface area (Å²) < 4.78 is 0. The molecule has 98 valence electrons. The standard InChI is InChI=1S/C16H18N2O/c1-3-4-13-5-7-14(8-6-13)15-9-10-17-16(18-15)11-12(2)19/h5-10H,3-4,11H2,1-2H3. The molecule has 1 aromatic heterocycles. The number of Topliss-reactive ketones (excluding diaryl/α,β-unsaturated/α-hetero) is 1. The van der Waals surface area contributed by atoms with Crippen LogP contribution in [0.3, 0.4) is 0 Å². The van der Waals surface area contributed by atoms with Crippen molar-refractivity contribution < 1.29 is 4.79 Å². The summed E-state index contributed by atoms with van der Waals surface area (Å²) in [6.45, 7) is 3.72. The molecule has 1 aromatic carbocycles. The van der Waals surface area contributed by atoms with Crippen molar-refractivity contribution in [2.45, 2.75) is 33.1 Å². The van der Waals surface area contributed by atoms with E-state index in [9.17, 15) is 4.79 Å². The van der Waals surface area contributed by atoms with Crippen molar-refractivity contribution in [1.29, 1.82) is 0 Å². The Kier molecular flexibility index (Phi) is 4.39. The number of aromatic nitrogens is 2. The second-order valence-corrected chi connectivity index (χ2v) is 4.68. The van der Waals surface area contributed by atoms with Gasteiger partial charge >= 0.3 is 0 Å². The van der Waals surface area contributed by atoms with Gasteiger partial charge in [0, 0.05) is 11.8 Å². The minimum absolute atomic E-state index is 0.0791. The Labute approximate surface area is 113 Å². The van der Waals surface area contributed by atoms with Crippen LogP contribution in [0, 0.1) is 0 Å². The van der Waals surface area contributed by atoms with Crippen molar-refractivity contribution >= 4 is 5.78 Å². The molecule has 0 bridgehead atoms. The maximum Gasteiger partial charge on any atom is 0.137 e. The quantitative estimate of drug-likeness (QED) is 0.822. The van der Waals surface area contributed by atoms with Gasteiger partial charge in [0.15, 0.2) is 0 Å². The van der Waals surface area contributed by atoms with Gasteiger partial charge in [-0.25, -0.2) is 9.97 Å². The van der Waals surface area contributed by atoms with Crippen molar-refractivity contribution in [2.24, 2.45) is 0 Å². The Morgan fingerprint density at radius 1 is 1.16 bits per heavy atom. The predicted molar refractivity (Wildman–Crippen MR) is 75.8 cm³/mol. The van der Waals surface area contributed by atoms with Crippen LogP contribution >= 0.6 is 0 Å². The molecule has 0 saturated heterocycles. The summed E-state index contributed by atoms with van der Waals surface area (Å²) in [5.74, 6) is 0.665. The third-order valence-electron chi connectivity index (χ3n) is 2.90. The summed E-state index contributed by atoms with van der Waals surface area (Å²) in [5, 5.41) is 0. The van der Waals surface area contributed by atoms with E-state index in [1.54, 1.807) is 13.1 Å². The number of rotatable bonds is 5. The fraction of sp³-hybridized carbons (Fsp3) is 0.312. The molecule has 0 aliphatic heterocycles. The zero-order valence-electron chi connectivity index (χ0n) is 11.4. The molecule has 0 unspecified atom stereocenters. The van der Waals surface area contributed by atoms with Crippen LogP contribution in [0.15, 0.2) is 36.5 Å². The number of benzene rings is 1. The lowest BCUT2D eigenvalue weighted by atomic mass is 10.1. The van der Waals surface area contributed by atoms with E-state index in [0.29, 0.717) is 12.2 Å². The van der Waals surface area contributed by atoms with E-state index in [2.05, 4.69) is 41.2 Å². The van der Waals surface area contributed by atoms with E-state index in [0.717, 1.165) is 24.1 Å². The minimum atomic E-state index is 0.0791. The lowest BCUT2D eigenvalue weighted by molar-refractivity contribution is -0.116. The van der Waals surface area contributed by atoms with Crippen molar-refractivity contribution in [3.05, 3.63) is 47.9 Å². The molecular weight excluding hydrogens is 236 g/mol. The molecule has 0 amide bonds. The molecule has 0 spiro atoms. The molecule has 0 N–H and O–H groups in total. The smallest absolute Gasteiger partial charge is 0.137 e. The van der Waals surface area contributed by atoms with Gasteiger partial charge in [-0.05, 0) is 25.0 Å². The van der Waals surface area contributed by atoms with E-state index in [4.69, 9.17) is 0 Å². The van der Waals surface area contributed by atoms with Crippen LogP contribution in [0.2, 0.25) is 0 Å². The Hall–Kier alpha value is -2.03. The molecule has 3 heteroatoms. The molecule has 0 atom stereocenters. The second kappa shape index (κ2) is 6.23. The van der Waals surface area contributed by atoms with Gasteiger partial charge in [0.1, 0.15) is 11.6 Å². The topological polar surface area (TPSA) is 42.9 Å². The van der Waals surface area contributed by atoms with Crippen LogP contribution in [-0.2, 0) is 17.6 Å². The Bertz CT molecular complexity index is 561. The van der Waals surface area contributed by atoms with Gasteiger partial charge in [-0.3, -0.25) is 4.79 Å². The monoisotopic (exact) mass is 254 g/mol. The third-order valence-corrected chi connectivity index (χ3v) is 2.90. The number of hydrogen-bond donors (Lipinski definition) is 0. The van der Waals surface area contributed by atoms with Gasteiger partial charge in [-0.2, -0.15) is 0 Å². The lowest BCUT2D eigenvalue weighted by Crippen LogP contribution is -2.02. The SMILES string of the molecule is CCCc1ccc(-c2ccnc(CC(C)=O)n2)cc1. The molecule has 2 aromatic rings. The average molecular weight is 254 g/mol. The van der Waals surface area contributed by atoms with Gasteiger partial charge in [0.05, 0.1) is 12.1 Å². The fourth-order valence-corrected chi connectivity index (χ4v) is 2.00. The van der Waals surface area contributed by atoms with Crippen molar-refractivity contribution in [3.8, 4) is 11.3 Å². The molecule has 0 fully saturated rings. The number of nitrogens with zero attached hydrogens (tertiary/aromatic N) is 2. The number of carbonyl (C=O) groups is 1. The summed E-state index contributed by atoms with van der Waals surface area (Å²) in [4.78, 5) is 19.6. The highest BCUT2D eigenvalue weighted by Gasteiger charge is 2.04. The van der Waals surface area contributed by atoms with Gasteiger partial charge in [0.25, 0.3) is 0 Å². The molecule has 0 saturated carbocycles. The maximum atomic E-state index is 11.1. The van der Waals surface area contributed by atoms with E-state index < -0.39 is 0 Å². The number of aryl methyl sites for hydroxylation is 1. The zero-order valence-corrected chi connectivity index (χ0v) is 11.4. The van der Waals surface area contributed by atoms with Crippen molar-refractivity contribution in [3.63, 3.8) is 0 Å². The first kappa shape index (κ1) is 13.4. The molecule has 0 radical (unpaired) electrons. The largest absolute Gasteiger partial charge is 0.300 e. The van der Waals surface area contributed by atoms with Crippen LogP contribution in [0.5, 0.6) is 0 Å². The highest BCUT2D eigenvalue weighted by atomic mass is 16.1. The molecule has 2 rings (SSSR count). The van der Waals surface area contributed by atoms with Gasteiger partial charge in [-0.1, -0.05) is 37.6 Å². The summed E-state index contributed by atoms with van der Waals surface area (Å²) in [5.41, 5.74) is 3.27. The highest BCUT2D eigenvalue weighted by Crippen LogP contribution is 2.18. The van der Waals surface area contributed by atoms with E-state index in [1.165, 1.54) is 5.56 Å². The normalized spacial score (nSPS) is 10.4. The fourth-order valence-electron chi connectivity index (χ4n) is 2.00. The average Bonchev–Trinajstić information content (AvgIpc) is 2.39. The van der Waals surface area contributed by atoms with Crippen LogP contribution in [0.25, 0.3) is 11.3 Å². The number of hydrogen-bond acceptors (Lipinski definition) is 3. The van der Waals surface area contributed by atoms with Gasteiger partial charge in [-0.15, -0.1) is 0 Å². The summed E-state index contributed by atoms with van der Waals surface area (Å²) >= 11 is 0. The van der Waals surface area contributed by atoms with Crippen LogP contribution in [-0.4, -0.2) is 15.8 Å². The summed E-state index contributed by atoms with van der Waals surface area (Å²) in [6, 6.07) is 10.3. The first-order chi connectivity index (χ1) is 9.19. The van der Waals surface area contributed by atoms with Crippen molar-refractivity contribution in [1.82, 2.24) is 9.97 Å². The minimum Gasteiger partial charge on any atom is -0.300 e. The Morgan fingerprint density at radius 2 is 1.89 bits per heavy atom. The highest BCUT2D eigenvalue weighted by molar-refractivity contribution is 5.77. The molecule has 3 nitrogen and oxygen atoms in total. The van der Waals surface area contributed by atoms with Crippen LogP contribution in [0.4, 0.5) is 0 Å². The molecule has 1 heterocycles. The first-order valence-electron chi connectivity index (χ1n) is 6.59. The van der Waals surface area contributed by atoms with E-state index in [1.807, 2.05) is 6.07 Å². The Morgan fingerprint density at radius 3 is 2.53 bits per heavy atom. The van der Waals surface area contributed by atoms with E-state index >= 15 is 0 Å². The summed E-state index contributed by atoms with van der Waals surface area (Å²) in [7, 11) is 0. The molecular formula is C16H18N2O. The predicted octanol–water partition coefficient (Wildman–Crippen LogP) is 3.23. The van der Waals surface area contributed by atoms with Crippen LogP contribution < -0.4 is 0 Å².